The van der Waals surface area contributed by atoms with Crippen molar-refractivity contribution in [1.29, 1.82) is 0 Å². The van der Waals surface area contributed by atoms with E-state index in [1.165, 1.54) is 7.11 Å². The summed E-state index contributed by atoms with van der Waals surface area (Å²) in [7, 11) is 3.11. The van der Waals surface area contributed by atoms with E-state index < -0.39 is 0 Å². The molecule has 2 aromatic carbocycles. The second-order valence-corrected chi connectivity index (χ2v) is 9.05. The number of rotatable bonds is 7. The number of nitrogens with two attached hydrogens (primary N) is 1. The Kier molecular flexibility index (Phi) is 7.32. The van der Waals surface area contributed by atoms with Gasteiger partial charge in [-0.2, -0.15) is 0 Å². The Morgan fingerprint density at radius 2 is 1.38 bits per heavy atom. The lowest BCUT2D eigenvalue weighted by atomic mass is 9.98. The number of halogens is 2. The summed E-state index contributed by atoms with van der Waals surface area (Å²) in [6.07, 6.45) is 5.19. The molecule has 0 bridgehead atoms. The van der Waals surface area contributed by atoms with E-state index in [0.29, 0.717) is 55.7 Å². The summed E-state index contributed by atoms with van der Waals surface area (Å²) in [4.78, 5) is 22.8. The Balaban J connectivity index is 1.57. The van der Waals surface area contributed by atoms with E-state index in [4.69, 9.17) is 43.4 Å². The predicted octanol–water partition coefficient (Wildman–Crippen LogP) is 5.63. The maximum Gasteiger partial charge on any atom is 0.242 e. The van der Waals surface area contributed by atoms with Crippen LogP contribution in [0.4, 0.5) is 0 Å². The highest BCUT2D eigenvalue weighted by molar-refractivity contribution is 6.39. The van der Waals surface area contributed by atoms with Crippen molar-refractivity contribution in [2.24, 2.45) is 10.7 Å². The van der Waals surface area contributed by atoms with Crippen molar-refractivity contribution in [3.8, 4) is 45.4 Å². The number of benzene rings is 2. The molecule has 1 aliphatic heterocycles. The fraction of sp³-hybridized carbons (Fsp3) is 0.222. The van der Waals surface area contributed by atoms with Gasteiger partial charge in [0, 0.05) is 35.3 Å². The summed E-state index contributed by atoms with van der Waals surface area (Å²) in [5, 5.41) is 0.975. The van der Waals surface area contributed by atoms with Crippen LogP contribution in [0.5, 0.6) is 11.8 Å². The largest absolute Gasteiger partial charge is 0.480 e. The minimum absolute atomic E-state index is 0.218. The molecule has 0 radical (unpaired) electrons. The second kappa shape index (κ2) is 10.8. The first-order valence-corrected chi connectivity index (χ1v) is 12.4. The Hall–Kier alpha value is -3.59. The fourth-order valence-electron chi connectivity index (χ4n) is 4.28. The van der Waals surface area contributed by atoms with Crippen LogP contribution in [-0.2, 0) is 6.54 Å². The second-order valence-electron chi connectivity index (χ2n) is 8.29. The zero-order chi connectivity index (χ0) is 25.9. The van der Waals surface area contributed by atoms with Crippen molar-refractivity contribution in [2.45, 2.75) is 19.4 Å². The maximum absolute atomic E-state index is 6.95. The smallest absolute Gasteiger partial charge is 0.242 e. The van der Waals surface area contributed by atoms with E-state index in [9.17, 15) is 0 Å². The number of aliphatic imine (C=N–C) groups is 1. The lowest BCUT2D eigenvalue weighted by molar-refractivity contribution is 0.390. The van der Waals surface area contributed by atoms with Crippen molar-refractivity contribution in [3.05, 3.63) is 70.2 Å². The van der Waals surface area contributed by atoms with Gasteiger partial charge in [-0.15, -0.1) is 0 Å². The highest BCUT2D eigenvalue weighted by Crippen LogP contribution is 2.42. The van der Waals surface area contributed by atoms with Gasteiger partial charge in [0.15, 0.2) is 0 Å². The number of methoxy groups -OCH3 is 2. The van der Waals surface area contributed by atoms with Crippen LogP contribution < -0.4 is 15.2 Å². The maximum atomic E-state index is 6.95. The molecule has 4 aromatic rings. The van der Waals surface area contributed by atoms with Crippen LogP contribution >= 0.6 is 23.2 Å². The molecule has 37 heavy (non-hydrogen) atoms. The van der Waals surface area contributed by atoms with E-state index in [-0.39, 0.29) is 6.54 Å². The van der Waals surface area contributed by atoms with Crippen LogP contribution in [0.25, 0.3) is 33.6 Å². The van der Waals surface area contributed by atoms with Gasteiger partial charge in [-0.1, -0.05) is 59.6 Å². The molecule has 5 rings (SSSR count). The molecule has 0 saturated carbocycles. The summed E-state index contributed by atoms with van der Waals surface area (Å²) >= 11 is 13.9. The average molecular weight is 535 g/mol. The SMILES string of the molecule is COc1nc(-c2cccc(-c3cccc(-c4cnc(C5=NCCC5)c(OC)n4)c3Cl)c2Cl)cnc1CN. The summed E-state index contributed by atoms with van der Waals surface area (Å²) in [5.41, 5.74) is 11.9. The lowest BCUT2D eigenvalue weighted by Gasteiger charge is -2.15. The van der Waals surface area contributed by atoms with Crippen molar-refractivity contribution in [1.82, 2.24) is 19.9 Å². The number of aromatic nitrogens is 4. The number of nitrogens with zero attached hydrogens (tertiary/aromatic N) is 5. The normalized spacial score (nSPS) is 12.9. The van der Waals surface area contributed by atoms with Gasteiger partial charge in [0.1, 0.15) is 11.4 Å². The van der Waals surface area contributed by atoms with Crippen LogP contribution in [0.1, 0.15) is 24.2 Å². The van der Waals surface area contributed by atoms with Crippen LogP contribution in [0.2, 0.25) is 10.0 Å². The van der Waals surface area contributed by atoms with Crippen LogP contribution in [0, 0.1) is 0 Å². The summed E-state index contributed by atoms with van der Waals surface area (Å²) in [6, 6.07) is 11.4. The first-order chi connectivity index (χ1) is 18.0. The topological polar surface area (TPSA) is 108 Å². The number of hydrogen-bond acceptors (Lipinski definition) is 8. The molecule has 0 amide bonds. The van der Waals surface area contributed by atoms with Gasteiger partial charge in [0.05, 0.1) is 53.8 Å². The van der Waals surface area contributed by atoms with Gasteiger partial charge in [-0.3, -0.25) is 9.98 Å². The van der Waals surface area contributed by atoms with Gasteiger partial charge in [-0.25, -0.2) is 15.0 Å². The minimum atomic E-state index is 0.218. The molecule has 0 unspecified atom stereocenters. The first kappa shape index (κ1) is 25.1. The predicted molar refractivity (Wildman–Crippen MR) is 146 cm³/mol. The Labute approximate surface area is 224 Å². The van der Waals surface area contributed by atoms with Gasteiger partial charge < -0.3 is 15.2 Å². The summed E-state index contributed by atoms with van der Waals surface area (Å²) in [6.45, 7) is 1.01. The highest BCUT2D eigenvalue weighted by atomic mass is 35.5. The molecule has 1 aliphatic rings. The first-order valence-electron chi connectivity index (χ1n) is 11.7. The summed E-state index contributed by atoms with van der Waals surface area (Å²) < 4.78 is 10.9. The van der Waals surface area contributed by atoms with Crippen molar-refractivity contribution in [2.75, 3.05) is 20.8 Å². The molecule has 2 aromatic heterocycles. The van der Waals surface area contributed by atoms with Crippen LogP contribution in [0.15, 0.2) is 53.8 Å². The molecular weight excluding hydrogens is 511 g/mol. The van der Waals surface area contributed by atoms with E-state index >= 15 is 0 Å². The van der Waals surface area contributed by atoms with E-state index in [1.807, 2.05) is 36.4 Å². The number of ether oxygens (including phenoxy) is 2. The van der Waals surface area contributed by atoms with Gasteiger partial charge in [0.25, 0.3) is 0 Å². The van der Waals surface area contributed by atoms with Gasteiger partial charge in [-0.05, 0) is 12.8 Å². The van der Waals surface area contributed by atoms with E-state index in [2.05, 4.69) is 19.9 Å². The molecule has 188 valence electrons. The van der Waals surface area contributed by atoms with Crippen molar-refractivity contribution in [3.63, 3.8) is 0 Å². The standard InChI is InChI=1S/C27H24Cl2N6O2/c1-36-26-20(12-30)32-13-21(34-26)17-8-3-6-15(23(17)28)16-7-4-9-18(24(16)29)22-14-33-25(27(35-22)37-2)19-10-5-11-31-19/h3-4,6-9,13-14H,5,10-12,30H2,1-2H3. The molecule has 0 spiro atoms. The third-order valence-electron chi connectivity index (χ3n) is 6.12. The zero-order valence-corrected chi connectivity index (χ0v) is 21.8. The van der Waals surface area contributed by atoms with Crippen molar-refractivity contribution >= 4 is 28.9 Å². The van der Waals surface area contributed by atoms with E-state index in [1.54, 1.807) is 19.5 Å². The zero-order valence-electron chi connectivity index (χ0n) is 20.3. The summed E-state index contributed by atoms with van der Waals surface area (Å²) in [5.74, 6) is 0.786. The quantitative estimate of drug-likeness (QED) is 0.327. The van der Waals surface area contributed by atoms with Crippen molar-refractivity contribution < 1.29 is 9.47 Å². The van der Waals surface area contributed by atoms with Crippen LogP contribution in [-0.4, -0.2) is 46.4 Å². The molecule has 8 nitrogen and oxygen atoms in total. The molecule has 0 aliphatic carbocycles. The Morgan fingerprint density at radius 1 is 0.811 bits per heavy atom. The molecule has 2 N–H and O–H groups in total. The number of hydrogen-bond donors (Lipinski definition) is 1. The third-order valence-corrected chi connectivity index (χ3v) is 6.93. The molecule has 3 heterocycles. The van der Waals surface area contributed by atoms with Gasteiger partial charge in [0.2, 0.25) is 11.8 Å². The third kappa shape index (κ3) is 4.75. The Bertz CT molecular complexity index is 1510. The molecular formula is C27H24Cl2N6O2. The van der Waals surface area contributed by atoms with Gasteiger partial charge >= 0.3 is 0 Å². The van der Waals surface area contributed by atoms with Crippen LogP contribution in [0.3, 0.4) is 0 Å². The average Bonchev–Trinajstić information content (AvgIpc) is 3.48. The monoisotopic (exact) mass is 534 g/mol. The minimum Gasteiger partial charge on any atom is -0.480 e. The lowest BCUT2D eigenvalue weighted by Crippen LogP contribution is -2.06. The molecule has 0 fully saturated rings. The molecule has 0 atom stereocenters. The Morgan fingerprint density at radius 3 is 1.92 bits per heavy atom. The molecule has 10 heteroatoms. The van der Waals surface area contributed by atoms with E-state index in [0.717, 1.165) is 36.2 Å². The molecule has 0 saturated heterocycles. The fourth-order valence-corrected chi connectivity index (χ4v) is 4.93. The highest BCUT2D eigenvalue weighted by Gasteiger charge is 2.21.